The van der Waals surface area contributed by atoms with Crippen molar-refractivity contribution >= 4 is 58.3 Å². The minimum Gasteiger partial charge on any atom is -0.462 e. The third-order valence-electron chi connectivity index (χ3n) is 5.64. The first-order valence-corrected chi connectivity index (χ1v) is 14.1. The van der Waals surface area contributed by atoms with Gasteiger partial charge >= 0.3 is 11.9 Å². The maximum atomic E-state index is 12.8. The van der Waals surface area contributed by atoms with Crippen molar-refractivity contribution in [1.82, 2.24) is 0 Å². The van der Waals surface area contributed by atoms with Gasteiger partial charge in [-0.05, 0) is 12.8 Å². The molecule has 0 aliphatic rings. The van der Waals surface area contributed by atoms with E-state index < -0.39 is 11.9 Å². The monoisotopic (exact) mass is 554 g/mol. The minimum atomic E-state index is -0.765. The maximum absolute atomic E-state index is 12.8. The molecule has 0 aromatic heterocycles. The van der Waals surface area contributed by atoms with Crippen LogP contribution in [-0.2, 0) is 9.47 Å². The summed E-state index contributed by atoms with van der Waals surface area (Å²) in [6.07, 6.45) is 15.2. The molecule has 8 heteroatoms. The highest BCUT2D eigenvalue weighted by Gasteiger charge is 2.30. The number of rotatable bonds is 18. The Bertz CT molecular complexity index is 705. The number of esters is 2. The number of carbonyl (C=O) groups is 2. The number of unbranched alkanes of at least 4 members (excludes halogenated alkanes) is 12. The van der Waals surface area contributed by atoms with Crippen molar-refractivity contribution in [3.05, 3.63) is 31.2 Å². The maximum Gasteiger partial charge on any atom is 0.340 e. The molecule has 0 unspecified atom stereocenters. The zero-order chi connectivity index (χ0) is 25.3. The van der Waals surface area contributed by atoms with E-state index in [9.17, 15) is 9.59 Å². The van der Waals surface area contributed by atoms with Crippen LogP contribution in [0.4, 0.5) is 0 Å². The van der Waals surface area contributed by atoms with Gasteiger partial charge in [0.2, 0.25) is 0 Å². The van der Waals surface area contributed by atoms with E-state index >= 15 is 0 Å². The van der Waals surface area contributed by atoms with Crippen molar-refractivity contribution in [2.75, 3.05) is 13.2 Å². The van der Waals surface area contributed by atoms with Gasteiger partial charge in [-0.15, -0.1) is 0 Å². The van der Waals surface area contributed by atoms with Crippen LogP contribution in [0, 0.1) is 0 Å². The molecule has 0 heterocycles. The van der Waals surface area contributed by atoms with E-state index in [0.29, 0.717) is 0 Å². The predicted molar refractivity (Wildman–Crippen MR) is 143 cm³/mol. The Hall–Kier alpha value is -0.680. The van der Waals surface area contributed by atoms with Crippen LogP contribution in [0.15, 0.2) is 0 Å². The van der Waals surface area contributed by atoms with Gasteiger partial charge in [-0.1, -0.05) is 137 Å². The van der Waals surface area contributed by atoms with Gasteiger partial charge in [0.05, 0.1) is 44.4 Å². The Balaban J connectivity index is 2.70. The molecule has 0 atom stereocenters. The first-order chi connectivity index (χ1) is 16.4. The fourth-order valence-corrected chi connectivity index (χ4v) is 4.61. The molecule has 1 aromatic carbocycles. The standard InChI is InChI=1S/C26H38Cl4O4/c1-3-5-7-9-11-13-15-17-33-25(31)19-20(22(28)24(30)23(29)21(19)27)26(32)34-18-16-14-12-10-8-6-4-2/h3-18H2,1-2H3. The van der Waals surface area contributed by atoms with Gasteiger partial charge in [0.25, 0.3) is 0 Å². The van der Waals surface area contributed by atoms with Crippen molar-refractivity contribution in [3.8, 4) is 0 Å². The SMILES string of the molecule is CCCCCCCCCOC(=O)c1c(Cl)c(Cl)c(Cl)c(Cl)c1C(=O)OCCCCCCCCC. The van der Waals surface area contributed by atoms with Crippen LogP contribution in [0.25, 0.3) is 0 Å². The van der Waals surface area contributed by atoms with E-state index in [0.717, 1.165) is 38.5 Å². The number of hydrogen-bond acceptors (Lipinski definition) is 4. The second-order valence-corrected chi connectivity index (χ2v) is 10.0. The third-order valence-corrected chi connectivity index (χ3v) is 7.44. The van der Waals surface area contributed by atoms with Crippen molar-refractivity contribution < 1.29 is 19.1 Å². The van der Waals surface area contributed by atoms with Crippen LogP contribution < -0.4 is 0 Å². The summed E-state index contributed by atoms with van der Waals surface area (Å²) in [4.78, 5) is 25.6. The number of carbonyl (C=O) groups excluding carboxylic acids is 2. The number of benzene rings is 1. The predicted octanol–water partition coefficient (Wildman–Crippen LogP) is 10.1. The Kier molecular flexibility index (Phi) is 17.1. The van der Waals surface area contributed by atoms with Crippen LogP contribution >= 0.6 is 46.4 Å². The highest BCUT2D eigenvalue weighted by Crippen LogP contribution is 2.42. The quantitative estimate of drug-likeness (QED) is 0.0782. The lowest BCUT2D eigenvalue weighted by Crippen LogP contribution is -2.17. The molecule has 0 bridgehead atoms. The second-order valence-electron chi connectivity index (χ2n) is 8.52. The fourth-order valence-electron chi connectivity index (χ4n) is 3.61. The van der Waals surface area contributed by atoms with E-state index in [1.807, 2.05) is 0 Å². The first-order valence-electron chi connectivity index (χ1n) is 12.6. The smallest absolute Gasteiger partial charge is 0.340 e. The molecule has 0 fully saturated rings. The van der Waals surface area contributed by atoms with Gasteiger partial charge in [-0.3, -0.25) is 0 Å². The molecule has 194 valence electrons. The number of ether oxygens (including phenoxy) is 2. The molecule has 1 aromatic rings. The van der Waals surface area contributed by atoms with E-state index in [2.05, 4.69) is 13.8 Å². The number of halogens is 4. The van der Waals surface area contributed by atoms with E-state index in [-0.39, 0.29) is 44.4 Å². The van der Waals surface area contributed by atoms with Crippen molar-refractivity contribution in [2.45, 2.75) is 104 Å². The van der Waals surface area contributed by atoms with Crippen LogP contribution in [0.1, 0.15) is 124 Å². The van der Waals surface area contributed by atoms with Crippen LogP contribution in [0.2, 0.25) is 20.1 Å². The van der Waals surface area contributed by atoms with Gasteiger partial charge in [0.1, 0.15) is 0 Å². The highest BCUT2D eigenvalue weighted by atomic mass is 35.5. The molecule has 34 heavy (non-hydrogen) atoms. The normalized spacial score (nSPS) is 11.0. The Labute approximate surface area is 224 Å². The lowest BCUT2D eigenvalue weighted by molar-refractivity contribution is 0.0450. The average Bonchev–Trinajstić information content (AvgIpc) is 2.82. The molecule has 0 spiro atoms. The van der Waals surface area contributed by atoms with Crippen LogP contribution in [-0.4, -0.2) is 25.2 Å². The largest absolute Gasteiger partial charge is 0.462 e. The average molecular weight is 556 g/mol. The molecule has 0 saturated carbocycles. The molecule has 0 radical (unpaired) electrons. The van der Waals surface area contributed by atoms with Gasteiger partial charge in [-0.2, -0.15) is 0 Å². The molecule has 0 aliphatic heterocycles. The summed E-state index contributed by atoms with van der Waals surface area (Å²) in [5.41, 5.74) is -0.401. The summed E-state index contributed by atoms with van der Waals surface area (Å²) in [5.74, 6) is -1.53. The van der Waals surface area contributed by atoms with Crippen molar-refractivity contribution in [3.63, 3.8) is 0 Å². The molecule has 1 rings (SSSR count). The van der Waals surface area contributed by atoms with Gasteiger partial charge in [-0.25, -0.2) is 9.59 Å². The van der Waals surface area contributed by atoms with E-state index in [1.54, 1.807) is 0 Å². The molecule has 0 saturated heterocycles. The summed E-state index contributed by atoms with van der Waals surface area (Å²) in [6, 6.07) is 0. The van der Waals surface area contributed by atoms with Crippen molar-refractivity contribution in [1.29, 1.82) is 0 Å². The van der Waals surface area contributed by atoms with E-state index in [1.165, 1.54) is 51.4 Å². The molecule has 0 aliphatic carbocycles. The van der Waals surface area contributed by atoms with Gasteiger partial charge < -0.3 is 9.47 Å². The fraction of sp³-hybridized carbons (Fsp3) is 0.692. The lowest BCUT2D eigenvalue weighted by atomic mass is 10.1. The Morgan fingerprint density at radius 3 is 1.12 bits per heavy atom. The summed E-state index contributed by atoms with van der Waals surface area (Å²) < 4.78 is 10.8. The van der Waals surface area contributed by atoms with Crippen LogP contribution in [0.3, 0.4) is 0 Å². The Morgan fingerprint density at radius 2 is 0.794 bits per heavy atom. The minimum absolute atomic E-state index is 0.0974. The van der Waals surface area contributed by atoms with Crippen molar-refractivity contribution in [2.24, 2.45) is 0 Å². The van der Waals surface area contributed by atoms with Crippen LogP contribution in [0.5, 0.6) is 0 Å². The zero-order valence-electron chi connectivity index (χ0n) is 20.5. The molecular weight excluding hydrogens is 518 g/mol. The van der Waals surface area contributed by atoms with Gasteiger partial charge in [0.15, 0.2) is 0 Å². The summed E-state index contributed by atoms with van der Waals surface area (Å²) in [5, 5.41) is -0.522. The third kappa shape index (κ3) is 10.9. The second kappa shape index (κ2) is 18.6. The summed E-state index contributed by atoms with van der Waals surface area (Å²) >= 11 is 24.9. The lowest BCUT2D eigenvalue weighted by Gasteiger charge is -2.15. The molecule has 4 nitrogen and oxygen atoms in total. The number of hydrogen-bond donors (Lipinski definition) is 0. The Morgan fingerprint density at radius 1 is 0.500 bits per heavy atom. The zero-order valence-corrected chi connectivity index (χ0v) is 23.5. The van der Waals surface area contributed by atoms with E-state index in [4.69, 9.17) is 55.9 Å². The summed E-state index contributed by atoms with van der Waals surface area (Å²) in [7, 11) is 0. The molecule has 0 amide bonds. The molecular formula is C26H38Cl4O4. The first kappa shape index (κ1) is 31.4. The molecule has 0 N–H and O–H groups in total. The van der Waals surface area contributed by atoms with Gasteiger partial charge in [0, 0.05) is 0 Å². The topological polar surface area (TPSA) is 52.6 Å². The highest BCUT2D eigenvalue weighted by molar-refractivity contribution is 6.54. The summed E-state index contributed by atoms with van der Waals surface area (Å²) in [6.45, 7) is 4.79.